The first-order valence-electron chi connectivity index (χ1n) is 23.7. The van der Waals surface area contributed by atoms with Crippen LogP contribution in [-0.4, -0.2) is 4.57 Å². The number of anilines is 3. The zero-order chi connectivity index (χ0) is 45.4. The highest BCUT2D eigenvalue weighted by molar-refractivity contribution is 6.26. The Morgan fingerprint density at radius 3 is 1.35 bits per heavy atom. The molecule has 2 aromatic heterocycles. The van der Waals surface area contributed by atoms with Crippen LogP contribution in [0.4, 0.5) is 17.1 Å². The van der Waals surface area contributed by atoms with Gasteiger partial charge < -0.3 is 13.9 Å². The number of rotatable bonds is 7. The van der Waals surface area contributed by atoms with Gasteiger partial charge in [-0.2, -0.15) is 0 Å². The second-order valence-corrected chi connectivity index (χ2v) is 18.0. The molecule has 0 amide bonds. The molecule has 0 saturated heterocycles. The topological polar surface area (TPSA) is 21.3 Å². The summed E-state index contributed by atoms with van der Waals surface area (Å²) in [6, 6.07) is 92.4. The smallest absolute Gasteiger partial charge is 0.143 e. The lowest BCUT2D eigenvalue weighted by molar-refractivity contribution is 0.670. The molecule has 2 heterocycles. The number of furan rings is 1. The molecule has 0 radical (unpaired) electrons. The summed E-state index contributed by atoms with van der Waals surface area (Å²) in [5.74, 6) is 0. The van der Waals surface area contributed by atoms with Crippen LogP contribution in [0.25, 0.3) is 115 Å². The van der Waals surface area contributed by atoms with Gasteiger partial charge in [-0.05, 0) is 115 Å². The first-order valence-corrected chi connectivity index (χ1v) is 23.7. The maximum atomic E-state index is 6.55. The van der Waals surface area contributed by atoms with Gasteiger partial charge in [0.25, 0.3) is 0 Å². The Morgan fingerprint density at radius 1 is 0.275 bits per heavy atom. The van der Waals surface area contributed by atoms with Crippen LogP contribution in [0.1, 0.15) is 0 Å². The summed E-state index contributed by atoms with van der Waals surface area (Å²) >= 11 is 0. The highest BCUT2D eigenvalue weighted by Crippen LogP contribution is 2.44. The molecule has 3 nitrogen and oxygen atoms in total. The van der Waals surface area contributed by atoms with Gasteiger partial charge in [0.05, 0.1) is 16.7 Å². The van der Waals surface area contributed by atoms with Crippen molar-refractivity contribution in [2.75, 3.05) is 4.90 Å². The van der Waals surface area contributed by atoms with Crippen molar-refractivity contribution in [3.63, 3.8) is 0 Å². The Morgan fingerprint density at radius 2 is 0.710 bits per heavy atom. The molecule has 3 heteroatoms. The minimum atomic E-state index is 0.900. The van der Waals surface area contributed by atoms with Gasteiger partial charge in [0.1, 0.15) is 11.2 Å². The van der Waals surface area contributed by atoms with Gasteiger partial charge in [0.15, 0.2) is 0 Å². The summed E-state index contributed by atoms with van der Waals surface area (Å²) in [7, 11) is 0. The summed E-state index contributed by atoms with van der Waals surface area (Å²) in [5, 5.41) is 12.3. The highest BCUT2D eigenvalue weighted by atomic mass is 16.3. The molecule has 69 heavy (non-hydrogen) atoms. The third-order valence-corrected chi connectivity index (χ3v) is 14.2. The first-order chi connectivity index (χ1) is 34.2. The van der Waals surface area contributed by atoms with Gasteiger partial charge in [-0.15, -0.1) is 0 Å². The molecular weight excluding hydrogens is 837 g/mol. The average Bonchev–Trinajstić information content (AvgIpc) is 3.98. The number of fused-ring (bicyclic) bond motifs is 12. The number of benzene rings is 12. The van der Waals surface area contributed by atoms with Crippen molar-refractivity contribution in [2.45, 2.75) is 0 Å². The van der Waals surface area contributed by atoms with Gasteiger partial charge in [-0.1, -0.05) is 194 Å². The van der Waals surface area contributed by atoms with Crippen LogP contribution in [0.2, 0.25) is 0 Å². The van der Waals surface area contributed by atoms with Crippen LogP contribution < -0.4 is 4.90 Å². The minimum Gasteiger partial charge on any atom is -0.455 e. The third kappa shape index (κ3) is 6.21. The maximum Gasteiger partial charge on any atom is 0.143 e. The van der Waals surface area contributed by atoms with Crippen molar-refractivity contribution in [3.05, 3.63) is 255 Å². The summed E-state index contributed by atoms with van der Waals surface area (Å²) in [6.07, 6.45) is 0. The van der Waals surface area contributed by atoms with Crippen LogP contribution in [0, 0.1) is 0 Å². The Bertz CT molecular complexity index is 4220. The van der Waals surface area contributed by atoms with E-state index in [2.05, 4.69) is 258 Å². The fourth-order valence-corrected chi connectivity index (χ4v) is 11.1. The van der Waals surface area contributed by atoms with E-state index in [9.17, 15) is 0 Å². The van der Waals surface area contributed by atoms with E-state index < -0.39 is 0 Å². The van der Waals surface area contributed by atoms with E-state index in [-0.39, 0.29) is 0 Å². The average molecular weight is 879 g/mol. The molecule has 14 aromatic rings. The SMILES string of the molecule is c1ccc(-c2cccc3c2oc2ccccc23)c(-c2ccc(N(c3ccc(-c4ccccc4-n4c5ccccc5c5ccccc54)cc3)c3ccc4c5ccccc5c5ccccc5c4c3)cc2)c1. The van der Waals surface area contributed by atoms with E-state index >= 15 is 0 Å². The zero-order valence-corrected chi connectivity index (χ0v) is 37.6. The van der Waals surface area contributed by atoms with Crippen LogP contribution in [-0.2, 0) is 0 Å². The van der Waals surface area contributed by atoms with Crippen molar-refractivity contribution in [3.8, 4) is 39.1 Å². The summed E-state index contributed by atoms with van der Waals surface area (Å²) in [6.45, 7) is 0. The Balaban J connectivity index is 0.915. The lowest BCUT2D eigenvalue weighted by atomic mass is 9.93. The quantitative estimate of drug-likeness (QED) is 0.149. The highest BCUT2D eigenvalue weighted by Gasteiger charge is 2.20. The van der Waals surface area contributed by atoms with E-state index in [1.54, 1.807) is 0 Å². The molecule has 0 spiro atoms. The Hall–Kier alpha value is -9.18. The van der Waals surface area contributed by atoms with Crippen molar-refractivity contribution in [2.24, 2.45) is 0 Å². The predicted molar refractivity (Wildman–Crippen MR) is 292 cm³/mol. The molecule has 12 aromatic carbocycles. The second-order valence-electron chi connectivity index (χ2n) is 18.0. The summed E-state index contributed by atoms with van der Waals surface area (Å²) < 4.78 is 8.96. The molecule has 0 saturated carbocycles. The first kappa shape index (κ1) is 39.0. The maximum absolute atomic E-state index is 6.55. The van der Waals surface area contributed by atoms with Gasteiger partial charge in [0, 0.05) is 49.7 Å². The monoisotopic (exact) mass is 878 g/mol. The molecule has 0 atom stereocenters. The summed E-state index contributed by atoms with van der Waals surface area (Å²) in [5.41, 5.74) is 15.4. The van der Waals surface area contributed by atoms with Crippen LogP contribution in [0.15, 0.2) is 259 Å². The fraction of sp³-hybridized carbons (Fsp3) is 0. The van der Waals surface area contributed by atoms with Gasteiger partial charge >= 0.3 is 0 Å². The van der Waals surface area contributed by atoms with Crippen LogP contribution in [0.3, 0.4) is 0 Å². The summed E-state index contributed by atoms with van der Waals surface area (Å²) in [4.78, 5) is 2.40. The van der Waals surface area contributed by atoms with Gasteiger partial charge in [-0.25, -0.2) is 0 Å². The molecule has 322 valence electrons. The van der Waals surface area contributed by atoms with Crippen molar-refractivity contribution >= 4 is 93.1 Å². The number of hydrogen-bond donors (Lipinski definition) is 0. The zero-order valence-electron chi connectivity index (χ0n) is 37.6. The van der Waals surface area contributed by atoms with Crippen LogP contribution >= 0.6 is 0 Å². The minimum absolute atomic E-state index is 0.900. The van der Waals surface area contributed by atoms with Gasteiger partial charge in [-0.3, -0.25) is 0 Å². The van der Waals surface area contributed by atoms with E-state index in [0.29, 0.717) is 0 Å². The van der Waals surface area contributed by atoms with E-state index in [0.717, 1.165) is 72.5 Å². The largest absolute Gasteiger partial charge is 0.455 e. The molecule has 0 unspecified atom stereocenters. The molecule has 0 aliphatic heterocycles. The van der Waals surface area contributed by atoms with E-state index in [1.807, 2.05) is 6.07 Å². The van der Waals surface area contributed by atoms with Gasteiger partial charge in [0.2, 0.25) is 0 Å². The Labute approximate surface area is 399 Å². The fourth-order valence-electron chi connectivity index (χ4n) is 11.1. The predicted octanol–water partition coefficient (Wildman–Crippen LogP) is 18.6. The molecule has 0 aliphatic carbocycles. The van der Waals surface area contributed by atoms with Crippen molar-refractivity contribution in [1.29, 1.82) is 0 Å². The number of aromatic nitrogens is 1. The number of para-hydroxylation sites is 5. The van der Waals surface area contributed by atoms with Crippen molar-refractivity contribution < 1.29 is 4.42 Å². The Kier molecular flexibility index (Phi) is 8.90. The second kappa shape index (κ2) is 15.7. The normalized spacial score (nSPS) is 11.8. The van der Waals surface area contributed by atoms with Crippen LogP contribution in [0.5, 0.6) is 0 Å². The van der Waals surface area contributed by atoms with Crippen molar-refractivity contribution in [1.82, 2.24) is 4.57 Å². The third-order valence-electron chi connectivity index (χ3n) is 14.2. The standard InChI is InChI=1S/C66H42N2O/c1-2-18-50(59-26-15-27-60-58-25-10-14-31-65(58)69-66(59)60)48(16-1)43-32-36-45(37-33-43)67(47-40-41-55-53-21-4-3-19-51(53)52-20-5-6-22-54(52)61(55)42-47)46-38-34-44(35-39-46)49-17-7-11-28-62(49)68-63-29-12-8-23-56(63)57-24-9-13-30-64(57)68/h1-42H. The molecule has 0 bridgehead atoms. The van der Waals surface area contributed by atoms with E-state index in [4.69, 9.17) is 4.42 Å². The molecule has 0 fully saturated rings. The lowest BCUT2D eigenvalue weighted by Gasteiger charge is -2.27. The number of nitrogens with zero attached hydrogens (tertiary/aromatic N) is 2. The molecule has 0 aliphatic rings. The molecule has 0 N–H and O–H groups in total. The number of hydrogen-bond acceptors (Lipinski definition) is 2. The lowest BCUT2D eigenvalue weighted by Crippen LogP contribution is -2.10. The van der Waals surface area contributed by atoms with E-state index in [1.165, 1.54) is 59.7 Å². The molecule has 14 rings (SSSR count). The molecular formula is C66H42N2O.